The highest BCUT2D eigenvalue weighted by Gasteiger charge is 2.07. The number of quaternary nitrogens is 1. The van der Waals surface area contributed by atoms with Crippen LogP contribution < -0.4 is 20.6 Å². The zero-order valence-electron chi connectivity index (χ0n) is 11.6. The number of rotatable bonds is 9. The Balaban J connectivity index is 3.64. The monoisotopic (exact) mass is 273 g/mol. The number of carbonyl (C=O) groups is 3. The van der Waals surface area contributed by atoms with E-state index in [-0.39, 0.29) is 12.8 Å². The average Bonchev–Trinajstić information content (AvgIpc) is 2.36. The Bertz CT molecular complexity index is 303. The molecule has 0 unspecified atom stereocenters. The third kappa shape index (κ3) is 10.0. The quantitative estimate of drug-likeness (QED) is 0.409. The molecule has 0 fully saturated rings. The summed E-state index contributed by atoms with van der Waals surface area (Å²) >= 11 is 0. The molecule has 0 aliphatic carbocycles. The summed E-state index contributed by atoms with van der Waals surface area (Å²) in [6.07, 6.45) is 0.196. The van der Waals surface area contributed by atoms with Crippen molar-refractivity contribution in [3.05, 3.63) is 0 Å². The molecule has 7 nitrogen and oxygen atoms in total. The molecule has 0 bridgehead atoms. The molecule has 0 aromatic carbocycles. The average molecular weight is 273 g/mol. The molecule has 0 atom stereocenters. The van der Waals surface area contributed by atoms with E-state index in [9.17, 15) is 19.5 Å². The minimum absolute atomic E-state index is 0.251. The zero-order valence-corrected chi connectivity index (χ0v) is 11.6. The third-order valence-electron chi connectivity index (χ3n) is 2.80. The second-order valence-corrected chi connectivity index (χ2v) is 4.24. The summed E-state index contributed by atoms with van der Waals surface area (Å²) < 4.78 is 0. The van der Waals surface area contributed by atoms with Gasteiger partial charge in [-0.25, -0.2) is 4.79 Å². The molecule has 0 radical (unpaired) electrons. The Labute approximate surface area is 113 Å². The number of hydrogen-bond acceptors (Lipinski definition) is 4. The summed E-state index contributed by atoms with van der Waals surface area (Å²) in [4.78, 5) is 34.0. The lowest BCUT2D eigenvalue weighted by Crippen LogP contribution is -3.11. The molecule has 110 valence electrons. The number of amides is 3. The highest BCUT2D eigenvalue weighted by Crippen LogP contribution is 1.86. The van der Waals surface area contributed by atoms with Gasteiger partial charge in [0.1, 0.15) is 0 Å². The van der Waals surface area contributed by atoms with Crippen molar-refractivity contribution in [1.29, 1.82) is 0 Å². The van der Waals surface area contributed by atoms with Gasteiger partial charge in [-0.05, 0) is 20.3 Å². The van der Waals surface area contributed by atoms with Gasteiger partial charge in [-0.2, -0.15) is 0 Å². The smallest absolute Gasteiger partial charge is 0.321 e. The lowest BCUT2D eigenvalue weighted by molar-refractivity contribution is -0.896. The van der Waals surface area contributed by atoms with E-state index in [2.05, 4.69) is 24.5 Å². The second kappa shape index (κ2) is 10.3. The number of carboxylic acids is 1. The molecule has 7 heteroatoms. The van der Waals surface area contributed by atoms with Crippen LogP contribution in [0.3, 0.4) is 0 Å². The second-order valence-electron chi connectivity index (χ2n) is 4.24. The molecule has 0 rings (SSSR count). The lowest BCUT2D eigenvalue weighted by Gasteiger charge is -2.15. The standard InChI is InChI=1S/C12H23N3O4/c1-3-15(4-2)9-5-8-13-12(19)14-10(16)6-7-11(17)18/h3-9H2,1-2H3,(H,17,18)(H2,13,14,16,19). The van der Waals surface area contributed by atoms with Crippen LogP contribution >= 0.6 is 0 Å². The Hall–Kier alpha value is -1.63. The summed E-state index contributed by atoms with van der Waals surface area (Å²) in [5, 5.41) is 14.7. The molecule has 0 aromatic rings. The molecule has 19 heavy (non-hydrogen) atoms. The number of urea groups is 1. The summed E-state index contributed by atoms with van der Waals surface area (Å²) in [6.45, 7) is 7.76. The van der Waals surface area contributed by atoms with E-state index in [4.69, 9.17) is 0 Å². The Morgan fingerprint density at radius 1 is 1.11 bits per heavy atom. The van der Waals surface area contributed by atoms with Crippen molar-refractivity contribution in [2.45, 2.75) is 33.1 Å². The van der Waals surface area contributed by atoms with Crippen LogP contribution in [-0.2, 0) is 9.59 Å². The molecule has 0 spiro atoms. The maximum Gasteiger partial charge on any atom is 0.321 e. The van der Waals surface area contributed by atoms with E-state index in [0.717, 1.165) is 26.1 Å². The van der Waals surface area contributed by atoms with Gasteiger partial charge in [0.15, 0.2) is 0 Å². The first-order valence-corrected chi connectivity index (χ1v) is 6.60. The predicted octanol–water partition coefficient (Wildman–Crippen LogP) is -2.34. The number of aliphatic carboxylic acids is 1. The zero-order chi connectivity index (χ0) is 14.7. The SMILES string of the molecule is CC[NH+](CC)CCCNC(=O)NC(=O)CCC(=O)[O-]. The fourth-order valence-corrected chi connectivity index (χ4v) is 1.59. The van der Waals surface area contributed by atoms with Crippen LogP contribution in [0.25, 0.3) is 0 Å². The number of carbonyl (C=O) groups excluding carboxylic acids is 3. The van der Waals surface area contributed by atoms with Crippen molar-refractivity contribution in [2.75, 3.05) is 26.2 Å². The summed E-state index contributed by atoms with van der Waals surface area (Å²) in [5.41, 5.74) is 0. The number of carboxylic acid groups (broad SMARTS) is 1. The molecule has 0 aromatic heterocycles. The minimum atomic E-state index is -1.31. The fourth-order valence-electron chi connectivity index (χ4n) is 1.59. The fraction of sp³-hybridized carbons (Fsp3) is 0.750. The van der Waals surface area contributed by atoms with Gasteiger partial charge in [0, 0.05) is 25.4 Å². The van der Waals surface area contributed by atoms with Gasteiger partial charge in [-0.15, -0.1) is 0 Å². The van der Waals surface area contributed by atoms with Crippen LogP contribution in [0.4, 0.5) is 4.79 Å². The summed E-state index contributed by atoms with van der Waals surface area (Å²) in [6, 6.07) is -0.585. The first-order chi connectivity index (χ1) is 8.99. The topological polar surface area (TPSA) is 103 Å². The van der Waals surface area contributed by atoms with Crippen molar-refractivity contribution in [3.63, 3.8) is 0 Å². The highest BCUT2D eigenvalue weighted by atomic mass is 16.4. The van der Waals surface area contributed by atoms with Gasteiger partial charge in [0.25, 0.3) is 0 Å². The molecule has 0 saturated heterocycles. The van der Waals surface area contributed by atoms with Gasteiger partial charge < -0.3 is 20.1 Å². The van der Waals surface area contributed by atoms with Gasteiger partial charge in [-0.3, -0.25) is 10.1 Å². The molecule has 0 aliphatic heterocycles. The maximum absolute atomic E-state index is 11.3. The first kappa shape index (κ1) is 17.4. The Morgan fingerprint density at radius 2 is 1.74 bits per heavy atom. The Kier molecular flexibility index (Phi) is 9.42. The number of hydrogen-bond donors (Lipinski definition) is 3. The molecule has 3 N–H and O–H groups in total. The van der Waals surface area contributed by atoms with Gasteiger partial charge in [0.05, 0.1) is 19.6 Å². The highest BCUT2D eigenvalue weighted by molar-refractivity contribution is 5.95. The molecule has 0 heterocycles. The molecule has 0 aliphatic rings. The van der Waals surface area contributed by atoms with Gasteiger partial charge >= 0.3 is 6.03 Å². The van der Waals surface area contributed by atoms with Crippen molar-refractivity contribution >= 4 is 17.9 Å². The number of imide groups is 1. The van der Waals surface area contributed by atoms with E-state index in [1.807, 2.05) is 0 Å². The van der Waals surface area contributed by atoms with Crippen LogP contribution in [0, 0.1) is 0 Å². The molecule has 0 saturated carbocycles. The van der Waals surface area contributed by atoms with E-state index in [1.54, 1.807) is 0 Å². The van der Waals surface area contributed by atoms with Crippen molar-refractivity contribution in [1.82, 2.24) is 10.6 Å². The van der Waals surface area contributed by atoms with Crippen LogP contribution in [0.2, 0.25) is 0 Å². The molecular weight excluding hydrogens is 250 g/mol. The van der Waals surface area contributed by atoms with E-state index in [0.29, 0.717) is 6.54 Å². The molecular formula is C12H23N3O4. The van der Waals surface area contributed by atoms with Gasteiger partial charge in [0.2, 0.25) is 5.91 Å². The van der Waals surface area contributed by atoms with Gasteiger partial charge in [-0.1, -0.05) is 0 Å². The van der Waals surface area contributed by atoms with Crippen molar-refractivity contribution in [2.24, 2.45) is 0 Å². The molecule has 3 amide bonds. The number of nitrogens with one attached hydrogen (secondary N) is 3. The van der Waals surface area contributed by atoms with E-state index >= 15 is 0 Å². The van der Waals surface area contributed by atoms with Crippen molar-refractivity contribution in [3.8, 4) is 0 Å². The summed E-state index contributed by atoms with van der Waals surface area (Å²) in [7, 11) is 0. The van der Waals surface area contributed by atoms with Crippen LogP contribution in [0.1, 0.15) is 33.1 Å². The third-order valence-corrected chi connectivity index (χ3v) is 2.80. The minimum Gasteiger partial charge on any atom is -0.550 e. The van der Waals surface area contributed by atoms with E-state index < -0.39 is 17.9 Å². The van der Waals surface area contributed by atoms with Crippen molar-refractivity contribution < 1.29 is 24.4 Å². The van der Waals surface area contributed by atoms with Crippen LogP contribution in [-0.4, -0.2) is 44.1 Å². The summed E-state index contributed by atoms with van der Waals surface area (Å²) in [5.74, 6) is -1.92. The predicted molar refractivity (Wildman–Crippen MR) is 67.3 cm³/mol. The first-order valence-electron chi connectivity index (χ1n) is 6.60. The Morgan fingerprint density at radius 3 is 2.26 bits per heavy atom. The van der Waals surface area contributed by atoms with E-state index in [1.165, 1.54) is 4.90 Å². The normalized spacial score (nSPS) is 10.3. The van der Waals surface area contributed by atoms with Crippen LogP contribution in [0.15, 0.2) is 0 Å². The van der Waals surface area contributed by atoms with Crippen LogP contribution in [0.5, 0.6) is 0 Å². The lowest BCUT2D eigenvalue weighted by atomic mass is 10.3. The largest absolute Gasteiger partial charge is 0.550 e. The maximum atomic E-state index is 11.3.